The average Bonchev–Trinajstić information content (AvgIpc) is 2.84. The fourth-order valence-electron chi connectivity index (χ4n) is 4.29. The predicted octanol–water partition coefficient (Wildman–Crippen LogP) is 6.77. The zero-order valence-corrected chi connectivity index (χ0v) is 19.7. The summed E-state index contributed by atoms with van der Waals surface area (Å²) < 4.78 is 0. The Hall–Kier alpha value is -2.55. The zero-order valence-electron chi connectivity index (χ0n) is 19.7. The number of rotatable bonds is 16. The maximum absolute atomic E-state index is 12.2. The van der Waals surface area contributed by atoms with Gasteiger partial charge in [0, 0.05) is 23.7 Å². The predicted molar refractivity (Wildman–Crippen MR) is 131 cm³/mol. The first-order valence-electron chi connectivity index (χ1n) is 12.0. The lowest BCUT2D eigenvalue weighted by Crippen LogP contribution is -2.23. The van der Waals surface area contributed by atoms with Crippen LogP contribution in [-0.2, 0) is 25.2 Å². The van der Waals surface area contributed by atoms with Gasteiger partial charge in [0.15, 0.2) is 0 Å². The summed E-state index contributed by atoms with van der Waals surface area (Å²) in [7, 11) is 0. The summed E-state index contributed by atoms with van der Waals surface area (Å²) in [5.74, 6) is 0.326. The van der Waals surface area contributed by atoms with Gasteiger partial charge >= 0.3 is 0 Å². The Bertz CT molecular complexity index is 760. The van der Waals surface area contributed by atoms with E-state index in [2.05, 4.69) is 0 Å². The topological polar surface area (TPSA) is 51.2 Å². The van der Waals surface area contributed by atoms with Gasteiger partial charge in [-0.25, -0.2) is 0 Å². The molecular weight excluding hydrogens is 396 g/mol. The molecule has 3 nitrogen and oxygen atoms in total. The fraction of sp³-hybridized carbons (Fsp3) is 0.483. The molecule has 172 valence electrons. The minimum atomic E-state index is -0.443. The molecule has 2 unspecified atom stereocenters. The Morgan fingerprint density at radius 1 is 0.625 bits per heavy atom. The van der Waals surface area contributed by atoms with E-state index < -0.39 is 10.8 Å². The summed E-state index contributed by atoms with van der Waals surface area (Å²) in [5.41, 5.74) is 1.23. The van der Waals surface area contributed by atoms with Gasteiger partial charge in [0.05, 0.1) is 0 Å². The first-order valence-corrected chi connectivity index (χ1v) is 12.0. The van der Waals surface area contributed by atoms with Gasteiger partial charge in [0.2, 0.25) is 0 Å². The molecule has 0 saturated carbocycles. The second-order valence-electron chi connectivity index (χ2n) is 9.46. The van der Waals surface area contributed by atoms with Crippen molar-refractivity contribution in [2.24, 2.45) is 0 Å². The second-order valence-corrected chi connectivity index (χ2v) is 9.46. The Labute approximate surface area is 193 Å². The smallest absolute Gasteiger partial charge is 0.132 e. The van der Waals surface area contributed by atoms with Crippen LogP contribution in [0.4, 0.5) is 0 Å². The number of hydrogen-bond acceptors (Lipinski definition) is 3. The van der Waals surface area contributed by atoms with Crippen molar-refractivity contribution in [3.63, 3.8) is 0 Å². The summed E-state index contributed by atoms with van der Waals surface area (Å²) in [5, 5.41) is 0. The van der Waals surface area contributed by atoms with Crippen LogP contribution in [0.2, 0.25) is 0 Å². The van der Waals surface area contributed by atoms with Crippen molar-refractivity contribution in [3.05, 3.63) is 71.8 Å². The molecule has 0 aliphatic rings. The third kappa shape index (κ3) is 7.85. The van der Waals surface area contributed by atoms with Crippen LogP contribution in [0, 0.1) is 0 Å². The Morgan fingerprint density at radius 2 is 1.00 bits per heavy atom. The first kappa shape index (κ1) is 25.7. The van der Waals surface area contributed by atoms with Crippen molar-refractivity contribution in [1.29, 1.82) is 0 Å². The molecule has 2 atom stereocenters. The monoisotopic (exact) mass is 434 g/mol. The van der Waals surface area contributed by atoms with Crippen LogP contribution in [0.15, 0.2) is 60.7 Å². The van der Waals surface area contributed by atoms with Crippen molar-refractivity contribution in [2.45, 2.75) is 88.9 Å². The zero-order chi connectivity index (χ0) is 23.3. The van der Waals surface area contributed by atoms with Gasteiger partial charge in [-0.15, -0.1) is 0 Å². The van der Waals surface area contributed by atoms with Crippen molar-refractivity contribution in [3.8, 4) is 0 Å². The Balaban J connectivity index is 1.59. The van der Waals surface area contributed by atoms with E-state index in [1.165, 1.54) is 0 Å². The van der Waals surface area contributed by atoms with Crippen molar-refractivity contribution in [1.82, 2.24) is 0 Å². The van der Waals surface area contributed by atoms with Crippen LogP contribution in [0.3, 0.4) is 0 Å². The van der Waals surface area contributed by atoms with Crippen LogP contribution < -0.4 is 0 Å². The number of carbonyl (C=O) groups is 3. The lowest BCUT2D eigenvalue weighted by molar-refractivity contribution is -0.119. The van der Waals surface area contributed by atoms with E-state index in [1.807, 2.05) is 74.5 Å². The molecule has 0 heterocycles. The molecule has 0 radical (unpaired) electrons. The van der Waals surface area contributed by atoms with Gasteiger partial charge in [0.1, 0.15) is 18.4 Å². The third-order valence-corrected chi connectivity index (χ3v) is 6.69. The maximum Gasteiger partial charge on any atom is 0.132 e. The lowest BCUT2D eigenvalue weighted by atomic mass is 9.79. The Kier molecular flexibility index (Phi) is 10.5. The van der Waals surface area contributed by atoms with Gasteiger partial charge in [-0.1, -0.05) is 86.3 Å². The minimum absolute atomic E-state index is 0.326. The summed E-state index contributed by atoms with van der Waals surface area (Å²) in [6.07, 6.45) is 10.6. The summed E-state index contributed by atoms with van der Waals surface area (Å²) in [6, 6.07) is 19.8. The number of ketones is 1. The van der Waals surface area contributed by atoms with Crippen molar-refractivity contribution >= 4 is 18.4 Å². The minimum Gasteiger partial charge on any atom is -0.302 e. The maximum atomic E-state index is 12.2. The highest BCUT2D eigenvalue weighted by atomic mass is 16.1. The molecule has 0 aliphatic heterocycles. The fourth-order valence-corrected chi connectivity index (χ4v) is 4.29. The van der Waals surface area contributed by atoms with E-state index in [0.717, 1.165) is 75.1 Å². The van der Waals surface area contributed by atoms with Gasteiger partial charge in [-0.2, -0.15) is 0 Å². The molecule has 0 aliphatic carbocycles. The molecule has 0 N–H and O–H groups in total. The molecule has 0 saturated heterocycles. The molecule has 2 aromatic rings. The molecular formula is C29H38O3. The van der Waals surface area contributed by atoms with Gasteiger partial charge in [-0.3, -0.25) is 4.79 Å². The van der Waals surface area contributed by atoms with Crippen LogP contribution in [-0.4, -0.2) is 18.4 Å². The second kappa shape index (κ2) is 13.1. The number of benzene rings is 2. The van der Waals surface area contributed by atoms with Gasteiger partial charge in [-0.05, 0) is 50.7 Å². The molecule has 0 amide bonds. The number of hydrogen-bond donors (Lipinski definition) is 0. The molecule has 0 aromatic heterocycles. The molecule has 0 bridgehead atoms. The van der Waals surface area contributed by atoms with E-state index in [9.17, 15) is 14.4 Å². The first-order chi connectivity index (χ1) is 15.4. The van der Waals surface area contributed by atoms with Gasteiger partial charge in [0.25, 0.3) is 0 Å². The molecule has 2 aromatic carbocycles. The van der Waals surface area contributed by atoms with Crippen LogP contribution in [0.25, 0.3) is 0 Å². The molecule has 32 heavy (non-hydrogen) atoms. The molecule has 2 rings (SSSR count). The SMILES string of the molecule is CC(C=O)(CCCCCC(=O)CCCCCC(C)(C=O)c1ccccc1)c1ccccc1. The lowest BCUT2D eigenvalue weighted by Gasteiger charge is -2.23. The van der Waals surface area contributed by atoms with Crippen molar-refractivity contribution in [2.75, 3.05) is 0 Å². The highest BCUT2D eigenvalue weighted by Crippen LogP contribution is 2.29. The highest BCUT2D eigenvalue weighted by molar-refractivity contribution is 5.78. The molecule has 3 heteroatoms. The van der Waals surface area contributed by atoms with E-state index in [1.54, 1.807) is 0 Å². The Morgan fingerprint density at radius 3 is 1.34 bits per heavy atom. The number of aldehydes is 2. The summed E-state index contributed by atoms with van der Waals surface area (Å²) >= 11 is 0. The van der Waals surface area contributed by atoms with Crippen LogP contribution in [0.5, 0.6) is 0 Å². The largest absolute Gasteiger partial charge is 0.302 e. The standard InChI is InChI=1S/C29H38O3/c1-28(23-30,25-15-7-3-8-16-25)21-13-5-11-19-27(32)20-12-6-14-22-29(2,24-31)26-17-9-4-10-18-26/h3-4,7-10,15-18,23-24H,5-6,11-14,19-22H2,1-2H3. The van der Waals surface area contributed by atoms with E-state index in [4.69, 9.17) is 0 Å². The van der Waals surface area contributed by atoms with Crippen molar-refractivity contribution < 1.29 is 14.4 Å². The number of unbranched alkanes of at least 4 members (excludes halogenated alkanes) is 4. The molecule has 0 spiro atoms. The van der Waals surface area contributed by atoms with E-state index in [-0.39, 0.29) is 0 Å². The van der Waals surface area contributed by atoms with Crippen LogP contribution >= 0.6 is 0 Å². The molecule has 0 fully saturated rings. The van der Waals surface area contributed by atoms with E-state index >= 15 is 0 Å². The average molecular weight is 435 g/mol. The number of Topliss-reactive ketones (excluding diaryl/α,β-unsaturated/α-hetero) is 1. The number of carbonyl (C=O) groups excluding carboxylic acids is 3. The third-order valence-electron chi connectivity index (χ3n) is 6.69. The summed E-state index contributed by atoms with van der Waals surface area (Å²) in [6.45, 7) is 3.99. The van der Waals surface area contributed by atoms with E-state index in [0.29, 0.717) is 18.6 Å². The van der Waals surface area contributed by atoms with Gasteiger partial charge < -0.3 is 9.59 Å². The quantitative estimate of drug-likeness (QED) is 0.216. The summed E-state index contributed by atoms with van der Waals surface area (Å²) in [4.78, 5) is 35.5. The highest BCUT2D eigenvalue weighted by Gasteiger charge is 2.26. The normalized spacial score (nSPS) is 14.8. The van der Waals surface area contributed by atoms with Crippen LogP contribution in [0.1, 0.15) is 89.2 Å².